The molecule has 4 heteroatoms. The minimum atomic E-state index is -1.52. The van der Waals surface area contributed by atoms with Crippen LogP contribution in [0.2, 0.25) is 0 Å². The summed E-state index contributed by atoms with van der Waals surface area (Å²) in [5.74, 6) is 0. The maximum Gasteiger partial charge on any atom is 0.254 e. The van der Waals surface area contributed by atoms with Crippen LogP contribution < -0.4 is 0 Å². The summed E-state index contributed by atoms with van der Waals surface area (Å²) >= 11 is 11.0. The van der Waals surface area contributed by atoms with Gasteiger partial charge in [-0.25, -0.2) is 5.26 Å². The number of alkyl halides is 2. The van der Waals surface area contributed by atoms with Crippen molar-refractivity contribution in [3.63, 3.8) is 0 Å². The monoisotopic (exact) mass is 172 g/mol. The van der Waals surface area contributed by atoms with Crippen molar-refractivity contribution in [2.75, 3.05) is 0 Å². The van der Waals surface area contributed by atoms with Gasteiger partial charge in [-0.15, -0.1) is 0 Å². The Hall–Kier alpha value is 0.500. The molecule has 0 radical (unpaired) electrons. The molecular formula is C5H10Cl2O2. The van der Waals surface area contributed by atoms with Crippen LogP contribution in [-0.4, -0.2) is 9.78 Å². The Balaban J connectivity index is 4.14. The van der Waals surface area contributed by atoms with E-state index in [0.717, 1.165) is 0 Å². The summed E-state index contributed by atoms with van der Waals surface area (Å²) in [6, 6.07) is 0. The fourth-order valence-electron chi connectivity index (χ4n) is 0.137. The molecule has 1 N–H and O–H groups in total. The molecule has 0 atom stereocenters. The summed E-state index contributed by atoms with van der Waals surface area (Å²) in [4.78, 5) is 3.83. The number of hydrogen-bond acceptors (Lipinski definition) is 2. The Morgan fingerprint density at radius 2 is 1.56 bits per heavy atom. The first-order chi connectivity index (χ1) is 3.81. The van der Waals surface area contributed by atoms with Crippen molar-refractivity contribution in [1.82, 2.24) is 0 Å². The third kappa shape index (κ3) is 2.30. The molecule has 56 valence electrons. The van der Waals surface area contributed by atoms with Crippen molar-refractivity contribution in [3.05, 3.63) is 0 Å². The van der Waals surface area contributed by atoms with Gasteiger partial charge in [-0.1, -0.05) is 44.0 Å². The van der Waals surface area contributed by atoms with Gasteiger partial charge in [0.15, 0.2) is 0 Å². The van der Waals surface area contributed by atoms with E-state index in [9.17, 15) is 0 Å². The van der Waals surface area contributed by atoms with Gasteiger partial charge in [-0.05, 0) is 0 Å². The van der Waals surface area contributed by atoms with Gasteiger partial charge in [0.25, 0.3) is 4.52 Å². The van der Waals surface area contributed by atoms with E-state index in [1.807, 2.05) is 0 Å². The van der Waals surface area contributed by atoms with Gasteiger partial charge in [0, 0.05) is 5.41 Å². The lowest BCUT2D eigenvalue weighted by Crippen LogP contribution is -2.33. The summed E-state index contributed by atoms with van der Waals surface area (Å²) in [6.07, 6.45) is 0. The highest BCUT2D eigenvalue weighted by Crippen LogP contribution is 2.40. The molecule has 0 aromatic carbocycles. The van der Waals surface area contributed by atoms with Gasteiger partial charge in [0.1, 0.15) is 0 Å². The van der Waals surface area contributed by atoms with E-state index in [0.29, 0.717) is 0 Å². The number of halogens is 2. The number of hydrogen-bond donors (Lipinski definition) is 1. The van der Waals surface area contributed by atoms with E-state index < -0.39 is 9.93 Å². The quantitative estimate of drug-likeness (QED) is 0.375. The third-order valence-electron chi connectivity index (χ3n) is 0.988. The van der Waals surface area contributed by atoms with Crippen molar-refractivity contribution in [2.24, 2.45) is 5.41 Å². The molecule has 0 saturated carbocycles. The molecule has 0 saturated heterocycles. The molecule has 2 nitrogen and oxygen atoms in total. The first kappa shape index (κ1) is 9.50. The summed E-state index contributed by atoms with van der Waals surface area (Å²) in [5.41, 5.74) is -0.495. The molecule has 0 aliphatic carbocycles. The van der Waals surface area contributed by atoms with Crippen molar-refractivity contribution in [1.29, 1.82) is 0 Å². The van der Waals surface area contributed by atoms with E-state index in [2.05, 4.69) is 4.89 Å². The topological polar surface area (TPSA) is 29.5 Å². The lowest BCUT2D eigenvalue weighted by molar-refractivity contribution is -0.290. The Bertz CT molecular complexity index is 95.6. The predicted octanol–water partition coefficient (Wildman–Crippen LogP) is 2.65. The first-order valence-electron chi connectivity index (χ1n) is 2.51. The second-order valence-corrected chi connectivity index (χ2v) is 4.12. The van der Waals surface area contributed by atoms with Gasteiger partial charge >= 0.3 is 0 Å². The van der Waals surface area contributed by atoms with Crippen LogP contribution in [0.5, 0.6) is 0 Å². The molecule has 0 aromatic rings. The van der Waals surface area contributed by atoms with Gasteiger partial charge in [-0.2, -0.15) is 4.89 Å². The highest BCUT2D eigenvalue weighted by Gasteiger charge is 2.40. The van der Waals surface area contributed by atoms with Gasteiger partial charge in [0.05, 0.1) is 0 Å². The lowest BCUT2D eigenvalue weighted by Gasteiger charge is -2.29. The van der Waals surface area contributed by atoms with Gasteiger partial charge < -0.3 is 0 Å². The predicted molar refractivity (Wildman–Crippen MR) is 37.6 cm³/mol. The summed E-state index contributed by atoms with van der Waals surface area (Å²) in [6.45, 7) is 5.26. The summed E-state index contributed by atoms with van der Waals surface area (Å²) < 4.78 is -1.52. The van der Waals surface area contributed by atoms with Crippen LogP contribution in [0.25, 0.3) is 0 Å². The SMILES string of the molecule is CC(C)(C)C(Cl)(Cl)OO. The lowest BCUT2D eigenvalue weighted by atomic mass is 9.98. The second-order valence-electron chi connectivity index (χ2n) is 2.86. The highest BCUT2D eigenvalue weighted by molar-refractivity contribution is 6.47. The fraction of sp³-hybridized carbons (Fsp3) is 1.00. The Morgan fingerprint density at radius 1 is 1.22 bits per heavy atom. The van der Waals surface area contributed by atoms with E-state index in [-0.39, 0.29) is 0 Å². The average Bonchev–Trinajstić information content (AvgIpc) is 1.64. The van der Waals surface area contributed by atoms with Crippen molar-refractivity contribution in [3.8, 4) is 0 Å². The standard InChI is InChI=1S/C5H10Cl2O2/c1-4(2,3)5(6,7)9-8/h8H,1-3H3. The van der Waals surface area contributed by atoms with E-state index in [4.69, 9.17) is 28.5 Å². The normalized spacial score (nSPS) is 14.0. The van der Waals surface area contributed by atoms with Gasteiger partial charge in [0.2, 0.25) is 0 Å². The zero-order chi connectivity index (χ0) is 7.71. The molecule has 0 fully saturated rings. The largest absolute Gasteiger partial charge is 0.254 e. The fourth-order valence-corrected chi connectivity index (χ4v) is 0.137. The number of rotatable bonds is 1. The van der Waals surface area contributed by atoms with Crippen molar-refractivity contribution >= 4 is 23.2 Å². The molecule has 0 rings (SSSR count). The molecule has 9 heavy (non-hydrogen) atoms. The molecule has 0 spiro atoms. The van der Waals surface area contributed by atoms with E-state index in [1.54, 1.807) is 20.8 Å². The van der Waals surface area contributed by atoms with Crippen LogP contribution in [-0.2, 0) is 4.89 Å². The van der Waals surface area contributed by atoms with E-state index >= 15 is 0 Å². The maximum atomic E-state index is 8.17. The summed E-state index contributed by atoms with van der Waals surface area (Å²) in [7, 11) is 0. The van der Waals surface area contributed by atoms with E-state index in [1.165, 1.54) is 0 Å². The highest BCUT2D eigenvalue weighted by atomic mass is 35.5. The van der Waals surface area contributed by atoms with Crippen molar-refractivity contribution in [2.45, 2.75) is 25.3 Å². The zero-order valence-corrected chi connectivity index (χ0v) is 7.12. The Kier molecular flexibility index (Phi) is 2.77. The van der Waals surface area contributed by atoms with Crippen LogP contribution in [0, 0.1) is 5.41 Å². The summed E-state index contributed by atoms with van der Waals surface area (Å²) in [5, 5.41) is 8.17. The Morgan fingerprint density at radius 3 is 1.56 bits per heavy atom. The third-order valence-corrected chi connectivity index (χ3v) is 2.26. The van der Waals surface area contributed by atoms with Crippen LogP contribution in [0.4, 0.5) is 0 Å². The second kappa shape index (κ2) is 2.62. The molecule has 0 aliphatic rings. The molecule has 0 heterocycles. The Labute approximate surface area is 64.6 Å². The molecule has 0 bridgehead atoms. The van der Waals surface area contributed by atoms with Gasteiger partial charge in [-0.3, -0.25) is 0 Å². The molecule has 0 unspecified atom stereocenters. The van der Waals surface area contributed by atoms with Crippen LogP contribution in [0.1, 0.15) is 20.8 Å². The molecule has 0 aromatic heterocycles. The molecule has 0 amide bonds. The smallest absolute Gasteiger partial charge is 0.249 e. The molecular weight excluding hydrogens is 163 g/mol. The zero-order valence-electron chi connectivity index (χ0n) is 5.61. The average molecular weight is 173 g/mol. The van der Waals surface area contributed by atoms with Crippen molar-refractivity contribution < 1.29 is 10.1 Å². The maximum absolute atomic E-state index is 8.17. The minimum Gasteiger partial charge on any atom is -0.249 e. The van der Waals surface area contributed by atoms with Crippen LogP contribution in [0.15, 0.2) is 0 Å². The van der Waals surface area contributed by atoms with Crippen LogP contribution >= 0.6 is 23.2 Å². The minimum absolute atomic E-state index is 0.495. The van der Waals surface area contributed by atoms with Crippen LogP contribution in [0.3, 0.4) is 0 Å². The first-order valence-corrected chi connectivity index (χ1v) is 3.27. The molecule has 0 aliphatic heterocycles.